The Morgan fingerprint density at radius 1 is 1.08 bits per heavy atom. The van der Waals surface area contributed by atoms with E-state index in [-0.39, 0.29) is 11.8 Å². The van der Waals surface area contributed by atoms with Crippen LogP contribution in [0.3, 0.4) is 0 Å². The highest BCUT2D eigenvalue weighted by atomic mass is 32.1. The van der Waals surface area contributed by atoms with E-state index in [2.05, 4.69) is 15.6 Å². The molecule has 7 heteroatoms. The van der Waals surface area contributed by atoms with E-state index >= 15 is 0 Å². The average Bonchev–Trinajstić information content (AvgIpc) is 3.25. The molecular formula is C18H15N3O2S2. The maximum Gasteiger partial charge on any atom is 0.250 e. The standard InChI is InChI=1S/C18H15N3O2S2/c1-12(22)19-14-6-4-13(5-7-14)16-11-25-18(20-16)21-17(23)9-8-15-3-2-10-24-15/h2-11H,1H3,(H,19,22)(H,20,21,23). The molecule has 0 saturated heterocycles. The van der Waals surface area contributed by atoms with E-state index in [0.717, 1.165) is 21.8 Å². The van der Waals surface area contributed by atoms with Crippen LogP contribution in [-0.4, -0.2) is 16.8 Å². The molecule has 0 unspecified atom stereocenters. The molecule has 0 bridgehead atoms. The van der Waals surface area contributed by atoms with Crippen LogP contribution in [0, 0.1) is 0 Å². The van der Waals surface area contributed by atoms with Gasteiger partial charge < -0.3 is 5.32 Å². The van der Waals surface area contributed by atoms with Gasteiger partial charge in [-0.1, -0.05) is 18.2 Å². The summed E-state index contributed by atoms with van der Waals surface area (Å²) in [7, 11) is 0. The number of benzene rings is 1. The van der Waals surface area contributed by atoms with E-state index in [9.17, 15) is 9.59 Å². The third kappa shape index (κ3) is 4.85. The monoisotopic (exact) mass is 369 g/mol. The van der Waals surface area contributed by atoms with Crippen LogP contribution in [0.25, 0.3) is 17.3 Å². The van der Waals surface area contributed by atoms with Crippen LogP contribution in [0.1, 0.15) is 11.8 Å². The number of thiazole rings is 1. The van der Waals surface area contributed by atoms with Gasteiger partial charge in [-0.25, -0.2) is 4.98 Å². The highest BCUT2D eigenvalue weighted by molar-refractivity contribution is 7.14. The predicted octanol–water partition coefficient (Wildman–Crippen LogP) is 4.48. The Morgan fingerprint density at radius 3 is 2.56 bits per heavy atom. The summed E-state index contributed by atoms with van der Waals surface area (Å²) in [5.74, 6) is -0.322. The maximum absolute atomic E-state index is 11.9. The van der Waals surface area contributed by atoms with Crippen molar-refractivity contribution in [3.8, 4) is 11.3 Å². The minimum Gasteiger partial charge on any atom is -0.326 e. The summed E-state index contributed by atoms with van der Waals surface area (Å²) in [6.07, 6.45) is 3.27. The fourth-order valence-corrected chi connectivity index (χ4v) is 3.42. The van der Waals surface area contributed by atoms with Gasteiger partial charge in [-0.2, -0.15) is 0 Å². The molecule has 0 atom stereocenters. The van der Waals surface area contributed by atoms with E-state index in [4.69, 9.17) is 0 Å². The zero-order chi connectivity index (χ0) is 17.6. The fraction of sp³-hybridized carbons (Fsp3) is 0.0556. The molecular weight excluding hydrogens is 354 g/mol. The van der Waals surface area contributed by atoms with Gasteiger partial charge >= 0.3 is 0 Å². The Labute approximate surface area is 153 Å². The molecule has 0 aliphatic carbocycles. The zero-order valence-electron chi connectivity index (χ0n) is 13.4. The Morgan fingerprint density at radius 2 is 1.88 bits per heavy atom. The molecule has 2 N–H and O–H groups in total. The van der Waals surface area contributed by atoms with Crippen LogP contribution >= 0.6 is 22.7 Å². The van der Waals surface area contributed by atoms with Gasteiger partial charge in [-0.05, 0) is 29.7 Å². The second kappa shape index (κ2) is 7.87. The van der Waals surface area contributed by atoms with E-state index < -0.39 is 0 Å². The first kappa shape index (κ1) is 17.1. The number of anilines is 2. The van der Waals surface area contributed by atoms with Crippen molar-refractivity contribution in [3.05, 3.63) is 58.1 Å². The lowest BCUT2D eigenvalue weighted by molar-refractivity contribution is -0.114. The zero-order valence-corrected chi connectivity index (χ0v) is 15.0. The van der Waals surface area contributed by atoms with Crippen molar-refractivity contribution in [3.63, 3.8) is 0 Å². The molecule has 0 fully saturated rings. The molecule has 0 radical (unpaired) electrons. The van der Waals surface area contributed by atoms with Gasteiger partial charge in [0, 0.05) is 34.5 Å². The number of carbonyl (C=O) groups is 2. The number of nitrogens with one attached hydrogen (secondary N) is 2. The van der Waals surface area contributed by atoms with Gasteiger partial charge in [0.2, 0.25) is 11.8 Å². The molecule has 0 aliphatic rings. The van der Waals surface area contributed by atoms with E-state index in [1.54, 1.807) is 17.4 Å². The lowest BCUT2D eigenvalue weighted by atomic mass is 10.1. The number of hydrogen-bond donors (Lipinski definition) is 2. The number of amides is 2. The molecule has 3 aromatic rings. The molecule has 3 rings (SSSR count). The van der Waals surface area contributed by atoms with E-state index in [1.807, 2.05) is 47.2 Å². The van der Waals surface area contributed by atoms with Crippen molar-refractivity contribution in [2.75, 3.05) is 10.6 Å². The van der Waals surface area contributed by atoms with Crippen molar-refractivity contribution in [2.45, 2.75) is 6.92 Å². The highest BCUT2D eigenvalue weighted by Gasteiger charge is 2.07. The lowest BCUT2D eigenvalue weighted by Gasteiger charge is -2.02. The first-order chi connectivity index (χ1) is 12.1. The van der Waals surface area contributed by atoms with Gasteiger partial charge in [0.1, 0.15) is 0 Å². The van der Waals surface area contributed by atoms with E-state index in [1.165, 1.54) is 24.3 Å². The minimum atomic E-state index is -0.213. The number of hydrogen-bond acceptors (Lipinski definition) is 5. The molecule has 2 amide bonds. The van der Waals surface area contributed by atoms with Crippen LogP contribution in [0.5, 0.6) is 0 Å². The first-order valence-electron chi connectivity index (χ1n) is 7.46. The van der Waals surface area contributed by atoms with Crippen LogP contribution in [0.15, 0.2) is 53.2 Å². The number of carbonyl (C=O) groups excluding carboxylic acids is 2. The largest absolute Gasteiger partial charge is 0.326 e. The summed E-state index contributed by atoms with van der Waals surface area (Å²) in [5.41, 5.74) is 2.43. The summed E-state index contributed by atoms with van der Waals surface area (Å²) in [5, 5.41) is 9.87. The summed E-state index contributed by atoms with van der Waals surface area (Å²) in [6.45, 7) is 1.47. The van der Waals surface area contributed by atoms with Crippen LogP contribution < -0.4 is 10.6 Å². The predicted molar refractivity (Wildman–Crippen MR) is 104 cm³/mol. The second-order valence-corrected chi connectivity index (χ2v) is 6.97. The molecule has 0 spiro atoms. The number of rotatable bonds is 5. The molecule has 126 valence electrons. The number of thiophene rings is 1. The Hall–Kier alpha value is -2.77. The summed E-state index contributed by atoms with van der Waals surface area (Å²) >= 11 is 2.94. The lowest BCUT2D eigenvalue weighted by Crippen LogP contribution is -2.07. The topological polar surface area (TPSA) is 71.1 Å². The van der Waals surface area contributed by atoms with Gasteiger partial charge in [0.05, 0.1) is 5.69 Å². The molecule has 0 aliphatic heterocycles. The van der Waals surface area contributed by atoms with Crippen LogP contribution in [-0.2, 0) is 9.59 Å². The van der Waals surface area contributed by atoms with Crippen LogP contribution in [0.4, 0.5) is 10.8 Å². The van der Waals surface area contributed by atoms with Crippen LogP contribution in [0.2, 0.25) is 0 Å². The molecule has 5 nitrogen and oxygen atoms in total. The highest BCUT2D eigenvalue weighted by Crippen LogP contribution is 2.26. The van der Waals surface area contributed by atoms with Crippen molar-refractivity contribution in [1.82, 2.24) is 4.98 Å². The van der Waals surface area contributed by atoms with E-state index in [0.29, 0.717) is 5.13 Å². The van der Waals surface area contributed by atoms with Gasteiger partial charge in [-0.3, -0.25) is 14.9 Å². The third-order valence-corrected chi connectivity index (χ3v) is 4.77. The van der Waals surface area contributed by atoms with Gasteiger partial charge in [0.25, 0.3) is 0 Å². The number of nitrogens with zero attached hydrogens (tertiary/aromatic N) is 1. The number of aromatic nitrogens is 1. The molecule has 2 heterocycles. The molecule has 0 saturated carbocycles. The Kier molecular flexibility index (Phi) is 5.37. The molecule has 1 aromatic carbocycles. The van der Waals surface area contributed by atoms with Gasteiger partial charge in [0.15, 0.2) is 5.13 Å². The van der Waals surface area contributed by atoms with Gasteiger partial charge in [-0.15, -0.1) is 22.7 Å². The Bertz CT molecular complexity index is 897. The van der Waals surface area contributed by atoms with Crippen molar-refractivity contribution < 1.29 is 9.59 Å². The Balaban J connectivity index is 1.63. The average molecular weight is 369 g/mol. The van der Waals surface area contributed by atoms with Crippen molar-refractivity contribution in [2.24, 2.45) is 0 Å². The fourth-order valence-electron chi connectivity index (χ4n) is 2.08. The molecule has 2 aromatic heterocycles. The smallest absolute Gasteiger partial charge is 0.250 e. The SMILES string of the molecule is CC(=O)Nc1ccc(-c2csc(NC(=O)C=Cc3cccs3)n2)cc1. The van der Waals surface area contributed by atoms with Crippen molar-refractivity contribution >= 4 is 51.4 Å². The summed E-state index contributed by atoms with van der Waals surface area (Å²) in [6, 6.07) is 11.3. The second-order valence-electron chi connectivity index (χ2n) is 5.13. The third-order valence-electron chi connectivity index (χ3n) is 3.18. The summed E-state index contributed by atoms with van der Waals surface area (Å²) < 4.78 is 0. The summed E-state index contributed by atoms with van der Waals surface area (Å²) in [4.78, 5) is 28.4. The maximum atomic E-state index is 11.9. The van der Waals surface area contributed by atoms with Crippen molar-refractivity contribution in [1.29, 1.82) is 0 Å². The first-order valence-corrected chi connectivity index (χ1v) is 9.22. The minimum absolute atomic E-state index is 0.109. The normalized spacial score (nSPS) is 10.8. The quantitative estimate of drug-likeness (QED) is 0.651. The molecule has 25 heavy (non-hydrogen) atoms.